The monoisotopic (exact) mass is 322 g/mol. The predicted molar refractivity (Wildman–Crippen MR) is 79.8 cm³/mol. The molecule has 0 unspecified atom stereocenters. The standard InChI is InChI=1S/C13H18N6O4/c1-9-10(7-17(2)15-9)6-14-12(20)4-5-18-8-11(19(21)22)13(16-18)23-3/h7-8H,4-6H2,1-3H3,(H,14,20). The minimum atomic E-state index is -0.576. The largest absolute Gasteiger partial charge is 0.475 e. The predicted octanol–water partition coefficient (Wildman–Crippen LogP) is 0.548. The van der Waals surface area contributed by atoms with Crippen LogP contribution in [0.4, 0.5) is 5.69 Å². The molecule has 124 valence electrons. The fourth-order valence-electron chi connectivity index (χ4n) is 2.10. The van der Waals surface area contributed by atoms with Gasteiger partial charge >= 0.3 is 11.6 Å². The molecule has 0 atom stereocenters. The zero-order valence-electron chi connectivity index (χ0n) is 13.1. The number of methoxy groups -OCH3 is 1. The van der Waals surface area contributed by atoms with Crippen LogP contribution in [0.1, 0.15) is 17.7 Å². The van der Waals surface area contributed by atoms with Crippen LogP contribution in [0.2, 0.25) is 0 Å². The van der Waals surface area contributed by atoms with E-state index in [1.54, 1.807) is 4.68 Å². The number of hydrogen-bond donors (Lipinski definition) is 1. The van der Waals surface area contributed by atoms with Crippen LogP contribution >= 0.6 is 0 Å². The third kappa shape index (κ3) is 4.05. The summed E-state index contributed by atoms with van der Waals surface area (Å²) in [5, 5.41) is 21.7. The molecule has 0 aliphatic carbocycles. The number of aryl methyl sites for hydroxylation is 3. The van der Waals surface area contributed by atoms with Crippen molar-refractivity contribution in [1.82, 2.24) is 24.9 Å². The van der Waals surface area contributed by atoms with Gasteiger partial charge in [0.25, 0.3) is 0 Å². The third-order valence-corrected chi connectivity index (χ3v) is 3.26. The van der Waals surface area contributed by atoms with E-state index in [0.29, 0.717) is 6.54 Å². The minimum absolute atomic E-state index is 0.0682. The van der Waals surface area contributed by atoms with Crippen molar-refractivity contribution in [2.75, 3.05) is 7.11 Å². The van der Waals surface area contributed by atoms with Gasteiger partial charge in [-0.3, -0.25) is 24.3 Å². The summed E-state index contributed by atoms with van der Waals surface area (Å²) in [4.78, 5) is 22.1. The van der Waals surface area contributed by atoms with Crippen LogP contribution in [0, 0.1) is 17.0 Å². The highest BCUT2D eigenvalue weighted by molar-refractivity contribution is 5.75. The molecule has 0 spiro atoms. The molecule has 0 fully saturated rings. The molecule has 2 aromatic heterocycles. The summed E-state index contributed by atoms with van der Waals surface area (Å²) in [5.41, 5.74) is 1.58. The Kier molecular flexibility index (Phi) is 4.94. The minimum Gasteiger partial charge on any atom is -0.475 e. The summed E-state index contributed by atoms with van der Waals surface area (Å²) >= 11 is 0. The maximum absolute atomic E-state index is 11.9. The molecular formula is C13H18N6O4. The molecule has 0 saturated carbocycles. The highest BCUT2D eigenvalue weighted by atomic mass is 16.6. The van der Waals surface area contributed by atoms with E-state index in [9.17, 15) is 14.9 Å². The molecule has 2 rings (SSSR count). The van der Waals surface area contributed by atoms with Gasteiger partial charge in [0.05, 0.1) is 24.3 Å². The highest BCUT2D eigenvalue weighted by Crippen LogP contribution is 2.23. The van der Waals surface area contributed by atoms with Crippen LogP contribution in [0.3, 0.4) is 0 Å². The topological polar surface area (TPSA) is 117 Å². The van der Waals surface area contributed by atoms with Gasteiger partial charge in [0.2, 0.25) is 5.91 Å². The van der Waals surface area contributed by atoms with E-state index in [0.717, 1.165) is 11.3 Å². The molecule has 0 aliphatic rings. The number of nitrogens with zero attached hydrogens (tertiary/aromatic N) is 5. The summed E-state index contributed by atoms with van der Waals surface area (Å²) < 4.78 is 7.84. The molecule has 10 nitrogen and oxygen atoms in total. The van der Waals surface area contributed by atoms with Crippen LogP contribution in [0.15, 0.2) is 12.4 Å². The van der Waals surface area contributed by atoms with Gasteiger partial charge in [-0.15, -0.1) is 5.10 Å². The lowest BCUT2D eigenvalue weighted by atomic mass is 10.2. The number of ether oxygens (including phenoxy) is 1. The first kappa shape index (κ1) is 16.5. The summed E-state index contributed by atoms with van der Waals surface area (Å²) in [6, 6.07) is 0. The van der Waals surface area contributed by atoms with E-state index in [4.69, 9.17) is 4.74 Å². The van der Waals surface area contributed by atoms with E-state index in [-0.39, 0.29) is 30.4 Å². The Labute approximate surface area is 132 Å². The fourth-order valence-corrected chi connectivity index (χ4v) is 2.10. The Morgan fingerprint density at radius 2 is 2.17 bits per heavy atom. The normalized spacial score (nSPS) is 10.6. The van der Waals surface area contributed by atoms with E-state index in [2.05, 4.69) is 15.5 Å². The van der Waals surface area contributed by atoms with Crippen LogP contribution in [-0.4, -0.2) is 37.5 Å². The quantitative estimate of drug-likeness (QED) is 0.587. The highest BCUT2D eigenvalue weighted by Gasteiger charge is 2.20. The number of amides is 1. The van der Waals surface area contributed by atoms with Crippen molar-refractivity contribution >= 4 is 11.6 Å². The molecule has 1 N–H and O–H groups in total. The molecular weight excluding hydrogens is 304 g/mol. The van der Waals surface area contributed by atoms with Crippen LogP contribution in [0.5, 0.6) is 5.88 Å². The number of carbonyl (C=O) groups excluding carboxylic acids is 1. The maximum Gasteiger partial charge on any atom is 0.350 e. The molecule has 2 aromatic rings. The van der Waals surface area contributed by atoms with Crippen molar-refractivity contribution in [3.05, 3.63) is 33.8 Å². The Morgan fingerprint density at radius 3 is 2.70 bits per heavy atom. The summed E-state index contributed by atoms with van der Waals surface area (Å²) in [6.07, 6.45) is 3.25. The lowest BCUT2D eigenvalue weighted by molar-refractivity contribution is -0.385. The van der Waals surface area contributed by atoms with Gasteiger partial charge in [-0.05, 0) is 6.92 Å². The SMILES string of the molecule is COc1nn(CCC(=O)NCc2cn(C)nc2C)cc1[N+](=O)[O-]. The van der Waals surface area contributed by atoms with Gasteiger partial charge in [0, 0.05) is 31.8 Å². The molecule has 0 radical (unpaired) electrons. The average Bonchev–Trinajstić information content (AvgIpc) is 3.05. The Balaban J connectivity index is 1.87. The first-order valence-corrected chi connectivity index (χ1v) is 6.92. The van der Waals surface area contributed by atoms with Gasteiger partial charge in [-0.1, -0.05) is 0 Å². The van der Waals surface area contributed by atoms with Gasteiger partial charge in [0.15, 0.2) is 0 Å². The number of nitrogens with one attached hydrogen (secondary N) is 1. The molecule has 0 saturated heterocycles. The Hall–Kier alpha value is -2.91. The fraction of sp³-hybridized carbons (Fsp3) is 0.462. The summed E-state index contributed by atoms with van der Waals surface area (Å²) in [5.74, 6) is -0.244. The smallest absolute Gasteiger partial charge is 0.350 e. The van der Waals surface area contributed by atoms with Crippen molar-refractivity contribution in [1.29, 1.82) is 0 Å². The van der Waals surface area contributed by atoms with Crippen molar-refractivity contribution in [3.8, 4) is 5.88 Å². The lowest BCUT2D eigenvalue weighted by Crippen LogP contribution is -2.24. The second-order valence-corrected chi connectivity index (χ2v) is 4.98. The third-order valence-electron chi connectivity index (χ3n) is 3.26. The molecule has 0 bridgehead atoms. The summed E-state index contributed by atoms with van der Waals surface area (Å²) in [7, 11) is 3.12. The summed E-state index contributed by atoms with van der Waals surface area (Å²) in [6.45, 7) is 2.49. The molecule has 2 heterocycles. The molecule has 10 heteroatoms. The van der Waals surface area contributed by atoms with E-state index in [1.807, 2.05) is 20.2 Å². The Bertz CT molecular complexity index is 720. The average molecular weight is 322 g/mol. The first-order valence-electron chi connectivity index (χ1n) is 6.92. The number of rotatable bonds is 7. The zero-order chi connectivity index (χ0) is 17.0. The number of nitro groups is 1. The molecule has 1 amide bonds. The van der Waals surface area contributed by atoms with Crippen LogP contribution in [-0.2, 0) is 24.9 Å². The van der Waals surface area contributed by atoms with E-state index in [1.165, 1.54) is 18.0 Å². The van der Waals surface area contributed by atoms with Crippen LogP contribution in [0.25, 0.3) is 0 Å². The van der Waals surface area contributed by atoms with Crippen LogP contribution < -0.4 is 10.1 Å². The lowest BCUT2D eigenvalue weighted by Gasteiger charge is -2.04. The zero-order valence-corrected chi connectivity index (χ0v) is 13.1. The maximum atomic E-state index is 11.9. The molecule has 0 aliphatic heterocycles. The van der Waals surface area contributed by atoms with E-state index >= 15 is 0 Å². The van der Waals surface area contributed by atoms with Gasteiger partial charge < -0.3 is 10.1 Å². The number of aromatic nitrogens is 4. The number of hydrogen-bond acceptors (Lipinski definition) is 6. The second kappa shape index (κ2) is 6.90. The van der Waals surface area contributed by atoms with Crippen molar-refractivity contribution in [2.24, 2.45) is 7.05 Å². The first-order chi connectivity index (χ1) is 10.9. The molecule has 23 heavy (non-hydrogen) atoms. The van der Waals surface area contributed by atoms with Crippen molar-refractivity contribution < 1.29 is 14.5 Å². The van der Waals surface area contributed by atoms with Crippen molar-refractivity contribution in [3.63, 3.8) is 0 Å². The van der Waals surface area contributed by atoms with Gasteiger partial charge in [-0.2, -0.15) is 5.10 Å². The van der Waals surface area contributed by atoms with Gasteiger partial charge in [-0.25, -0.2) is 0 Å². The van der Waals surface area contributed by atoms with E-state index < -0.39 is 4.92 Å². The van der Waals surface area contributed by atoms with Crippen molar-refractivity contribution in [2.45, 2.75) is 26.4 Å². The molecule has 0 aromatic carbocycles. The number of carbonyl (C=O) groups is 1. The van der Waals surface area contributed by atoms with Gasteiger partial charge in [0.1, 0.15) is 6.20 Å². The Morgan fingerprint density at radius 1 is 1.43 bits per heavy atom. The second-order valence-electron chi connectivity index (χ2n) is 4.98.